The summed E-state index contributed by atoms with van der Waals surface area (Å²) in [5.74, 6) is -0.186. The number of fused-ring (bicyclic) bond motifs is 1. The van der Waals surface area contributed by atoms with E-state index in [0.717, 1.165) is 38.5 Å². The van der Waals surface area contributed by atoms with E-state index in [4.69, 9.17) is 4.74 Å². The van der Waals surface area contributed by atoms with Crippen LogP contribution >= 0.6 is 0 Å². The average Bonchev–Trinajstić information content (AvgIpc) is 3.27. The van der Waals surface area contributed by atoms with Crippen molar-refractivity contribution in [2.24, 2.45) is 0 Å². The standard InChI is InChI=1S/C22H31N3O5S/c26-21(23-17-8-4-2-1-3-5-9-17)15-25-19-11-10-18(14-20(19)30-16-22(25)27)31(28,29)24-12-6-7-13-24/h10-11,14,17H,1-9,12-13,15-16H2,(H,23,26). The molecule has 0 spiro atoms. The molecule has 2 fully saturated rings. The highest BCUT2D eigenvalue weighted by molar-refractivity contribution is 7.89. The SMILES string of the molecule is O=C(CN1C(=O)COc2cc(S(=O)(=O)N3CCCC3)ccc21)NC1CCCCCCC1. The van der Waals surface area contributed by atoms with E-state index in [1.165, 1.54) is 40.6 Å². The van der Waals surface area contributed by atoms with E-state index in [0.29, 0.717) is 24.5 Å². The first-order chi connectivity index (χ1) is 14.9. The van der Waals surface area contributed by atoms with E-state index in [-0.39, 0.29) is 35.9 Å². The van der Waals surface area contributed by atoms with Gasteiger partial charge in [-0.3, -0.25) is 14.5 Å². The van der Waals surface area contributed by atoms with E-state index in [1.54, 1.807) is 6.07 Å². The molecule has 0 bridgehead atoms. The van der Waals surface area contributed by atoms with Crippen LogP contribution in [0.5, 0.6) is 5.75 Å². The van der Waals surface area contributed by atoms with Crippen molar-refractivity contribution >= 4 is 27.5 Å². The third-order valence-electron chi connectivity index (χ3n) is 6.35. The van der Waals surface area contributed by atoms with Crippen LogP contribution < -0.4 is 15.0 Å². The molecule has 0 unspecified atom stereocenters. The Hall–Kier alpha value is -2.13. The van der Waals surface area contributed by atoms with Crippen LogP contribution in [-0.4, -0.2) is 56.8 Å². The maximum absolute atomic E-state index is 12.8. The summed E-state index contributed by atoms with van der Waals surface area (Å²) in [4.78, 5) is 26.7. The number of nitrogens with one attached hydrogen (secondary N) is 1. The number of hydrogen-bond acceptors (Lipinski definition) is 5. The number of rotatable bonds is 5. The van der Waals surface area contributed by atoms with E-state index in [2.05, 4.69) is 5.32 Å². The van der Waals surface area contributed by atoms with Gasteiger partial charge in [-0.2, -0.15) is 4.31 Å². The quantitative estimate of drug-likeness (QED) is 0.745. The normalized spacial score (nSPS) is 21.2. The lowest BCUT2D eigenvalue weighted by molar-refractivity contribution is -0.125. The Balaban J connectivity index is 1.47. The molecule has 1 aliphatic carbocycles. The summed E-state index contributed by atoms with van der Waals surface area (Å²) in [5, 5.41) is 3.08. The molecule has 1 aromatic rings. The molecule has 2 heterocycles. The summed E-state index contributed by atoms with van der Waals surface area (Å²) in [6.07, 6.45) is 9.54. The Morgan fingerprint density at radius 3 is 2.42 bits per heavy atom. The second-order valence-corrected chi connectivity index (χ2v) is 10.6. The Kier molecular flexibility index (Phi) is 6.81. The van der Waals surface area contributed by atoms with Crippen molar-refractivity contribution in [1.29, 1.82) is 0 Å². The van der Waals surface area contributed by atoms with Gasteiger partial charge < -0.3 is 10.1 Å². The van der Waals surface area contributed by atoms with Crippen LogP contribution in [0.25, 0.3) is 0 Å². The Morgan fingerprint density at radius 1 is 1.03 bits per heavy atom. The Bertz CT molecular complexity index is 919. The van der Waals surface area contributed by atoms with Crippen LogP contribution in [0, 0.1) is 0 Å². The van der Waals surface area contributed by atoms with Crippen LogP contribution in [0.4, 0.5) is 5.69 Å². The number of anilines is 1. The zero-order chi connectivity index (χ0) is 21.8. The first-order valence-corrected chi connectivity index (χ1v) is 12.8. The number of carbonyl (C=O) groups is 2. The van der Waals surface area contributed by atoms with E-state index < -0.39 is 10.0 Å². The van der Waals surface area contributed by atoms with Crippen molar-refractivity contribution in [2.75, 3.05) is 31.1 Å². The van der Waals surface area contributed by atoms with Crippen molar-refractivity contribution in [3.05, 3.63) is 18.2 Å². The third-order valence-corrected chi connectivity index (χ3v) is 8.24. The van der Waals surface area contributed by atoms with Crippen LogP contribution in [0.2, 0.25) is 0 Å². The fourth-order valence-electron chi connectivity index (χ4n) is 4.61. The van der Waals surface area contributed by atoms with Gasteiger partial charge in [0.05, 0.1) is 10.6 Å². The topological polar surface area (TPSA) is 96.0 Å². The number of amides is 2. The summed E-state index contributed by atoms with van der Waals surface area (Å²) in [6.45, 7) is 0.735. The molecule has 3 aliphatic rings. The highest BCUT2D eigenvalue weighted by atomic mass is 32.2. The van der Waals surface area contributed by atoms with Gasteiger partial charge >= 0.3 is 0 Å². The average molecular weight is 450 g/mol. The molecular formula is C22H31N3O5S. The van der Waals surface area contributed by atoms with E-state index in [1.807, 2.05) is 0 Å². The number of nitrogens with zero attached hydrogens (tertiary/aromatic N) is 2. The molecule has 1 aromatic carbocycles. The minimum Gasteiger partial charge on any atom is -0.482 e. The van der Waals surface area contributed by atoms with Gasteiger partial charge in [-0.15, -0.1) is 0 Å². The molecule has 8 nitrogen and oxygen atoms in total. The maximum atomic E-state index is 12.8. The molecule has 2 aliphatic heterocycles. The van der Waals surface area contributed by atoms with E-state index >= 15 is 0 Å². The number of benzene rings is 1. The highest BCUT2D eigenvalue weighted by Crippen LogP contribution is 2.35. The van der Waals surface area contributed by atoms with Crippen LogP contribution in [0.3, 0.4) is 0 Å². The smallest absolute Gasteiger partial charge is 0.265 e. The molecule has 0 aromatic heterocycles. The van der Waals surface area contributed by atoms with Gasteiger partial charge in [0.1, 0.15) is 12.3 Å². The number of sulfonamides is 1. The summed E-state index contributed by atoms with van der Waals surface area (Å²) in [7, 11) is -3.58. The first kappa shape index (κ1) is 22.1. The second-order valence-electron chi connectivity index (χ2n) is 8.62. The highest BCUT2D eigenvalue weighted by Gasteiger charge is 2.32. The molecule has 31 heavy (non-hydrogen) atoms. The lowest BCUT2D eigenvalue weighted by Gasteiger charge is -2.30. The number of carbonyl (C=O) groups excluding carboxylic acids is 2. The molecule has 9 heteroatoms. The molecule has 1 N–H and O–H groups in total. The summed E-state index contributed by atoms with van der Waals surface area (Å²) >= 11 is 0. The molecule has 170 valence electrons. The zero-order valence-electron chi connectivity index (χ0n) is 17.8. The minimum atomic E-state index is -3.58. The van der Waals surface area contributed by atoms with Gasteiger partial charge in [0, 0.05) is 25.2 Å². The van der Waals surface area contributed by atoms with Crippen molar-refractivity contribution in [3.8, 4) is 5.75 Å². The predicted octanol–water partition coefficient (Wildman–Crippen LogP) is 2.43. The number of ether oxygens (including phenoxy) is 1. The molecule has 1 saturated heterocycles. The monoisotopic (exact) mass is 449 g/mol. The largest absolute Gasteiger partial charge is 0.482 e. The summed E-state index contributed by atoms with van der Waals surface area (Å²) < 4.78 is 32.7. The molecule has 2 amide bonds. The summed E-state index contributed by atoms with van der Waals surface area (Å²) in [5.41, 5.74) is 0.435. The molecule has 0 radical (unpaired) electrons. The fourth-order valence-corrected chi connectivity index (χ4v) is 6.15. The first-order valence-electron chi connectivity index (χ1n) is 11.3. The lowest BCUT2D eigenvalue weighted by atomic mass is 9.97. The van der Waals surface area contributed by atoms with Gasteiger partial charge in [-0.05, 0) is 37.8 Å². The lowest BCUT2D eigenvalue weighted by Crippen LogP contribution is -2.47. The second kappa shape index (κ2) is 9.56. The van der Waals surface area contributed by atoms with Crippen LogP contribution in [0.15, 0.2) is 23.1 Å². The summed E-state index contributed by atoms with van der Waals surface area (Å²) in [6, 6.07) is 4.68. The fraction of sp³-hybridized carbons (Fsp3) is 0.636. The van der Waals surface area contributed by atoms with Gasteiger partial charge in [-0.25, -0.2) is 8.42 Å². The maximum Gasteiger partial charge on any atom is 0.265 e. The third kappa shape index (κ3) is 5.03. The molecule has 0 atom stereocenters. The van der Waals surface area contributed by atoms with Crippen molar-refractivity contribution in [3.63, 3.8) is 0 Å². The molecular weight excluding hydrogens is 418 g/mol. The van der Waals surface area contributed by atoms with Gasteiger partial charge in [0.2, 0.25) is 15.9 Å². The number of hydrogen-bond donors (Lipinski definition) is 1. The Labute approximate surface area is 184 Å². The van der Waals surface area contributed by atoms with Crippen molar-refractivity contribution in [1.82, 2.24) is 9.62 Å². The van der Waals surface area contributed by atoms with E-state index in [9.17, 15) is 18.0 Å². The minimum absolute atomic E-state index is 0.0933. The Morgan fingerprint density at radius 2 is 1.71 bits per heavy atom. The zero-order valence-corrected chi connectivity index (χ0v) is 18.7. The van der Waals surface area contributed by atoms with Gasteiger partial charge in [-0.1, -0.05) is 32.1 Å². The molecule has 4 rings (SSSR count). The predicted molar refractivity (Wildman–Crippen MR) is 117 cm³/mol. The van der Waals surface area contributed by atoms with Gasteiger partial charge in [0.25, 0.3) is 5.91 Å². The van der Waals surface area contributed by atoms with Crippen LogP contribution in [0.1, 0.15) is 57.8 Å². The molecule has 1 saturated carbocycles. The van der Waals surface area contributed by atoms with Crippen LogP contribution in [-0.2, 0) is 19.6 Å². The van der Waals surface area contributed by atoms with Crippen molar-refractivity contribution < 1.29 is 22.7 Å². The van der Waals surface area contributed by atoms with Crippen molar-refractivity contribution in [2.45, 2.75) is 68.7 Å². The van der Waals surface area contributed by atoms with Gasteiger partial charge in [0.15, 0.2) is 6.61 Å².